The van der Waals surface area contributed by atoms with Gasteiger partial charge in [-0.2, -0.15) is 0 Å². The van der Waals surface area contributed by atoms with Gasteiger partial charge in [0, 0.05) is 23.0 Å². The van der Waals surface area contributed by atoms with Crippen molar-refractivity contribution in [3.05, 3.63) is 76.5 Å². The summed E-state index contributed by atoms with van der Waals surface area (Å²) in [7, 11) is 0. The van der Waals surface area contributed by atoms with E-state index >= 15 is 0 Å². The van der Waals surface area contributed by atoms with Crippen LogP contribution in [0.3, 0.4) is 0 Å². The number of benzene rings is 1. The molecule has 0 spiro atoms. The topological polar surface area (TPSA) is 94.5 Å². The highest BCUT2D eigenvalue weighted by atomic mass is 35.5. The van der Waals surface area contributed by atoms with Crippen LogP contribution in [0.25, 0.3) is 16.6 Å². The van der Waals surface area contributed by atoms with Crippen LogP contribution < -0.4 is 11.1 Å². The molecule has 0 aliphatic rings. The van der Waals surface area contributed by atoms with Crippen molar-refractivity contribution in [2.75, 3.05) is 0 Å². The highest BCUT2D eigenvalue weighted by molar-refractivity contribution is 6.33. The minimum absolute atomic E-state index is 0.105. The van der Waals surface area contributed by atoms with Crippen LogP contribution in [-0.2, 0) is 0 Å². The Hall–Kier alpha value is -3.12. The quantitative estimate of drug-likeness (QED) is 0.551. The third-order valence-electron chi connectivity index (χ3n) is 3.65. The molecule has 3 aromatic rings. The summed E-state index contributed by atoms with van der Waals surface area (Å²) in [5.74, 6) is -0.521. The van der Waals surface area contributed by atoms with Crippen molar-refractivity contribution in [1.82, 2.24) is 9.97 Å². The van der Waals surface area contributed by atoms with Crippen molar-refractivity contribution in [3.8, 4) is 0 Å². The normalized spacial score (nSPS) is 11.5. The monoisotopic (exact) mass is 355 g/mol. The Morgan fingerprint density at radius 1 is 1.20 bits per heavy atom. The van der Waals surface area contributed by atoms with Crippen LogP contribution in [0.5, 0.6) is 0 Å². The second-order valence-electron chi connectivity index (χ2n) is 5.24. The first kappa shape index (κ1) is 16.7. The molecule has 2 heterocycles. The minimum atomic E-state index is -0.521. The maximum atomic E-state index is 14.1. The fourth-order valence-corrected chi connectivity index (χ4v) is 2.57. The first-order valence-corrected chi connectivity index (χ1v) is 7.63. The predicted octanol–water partition coefficient (Wildman–Crippen LogP) is 1.78. The van der Waals surface area contributed by atoms with E-state index in [4.69, 9.17) is 22.7 Å². The van der Waals surface area contributed by atoms with Gasteiger partial charge >= 0.3 is 0 Å². The fraction of sp³-hybridized carbons (Fsp3) is 0. The van der Waals surface area contributed by atoms with Crippen LogP contribution in [-0.4, -0.2) is 22.0 Å². The maximum Gasteiger partial charge on any atom is 0.217 e. The van der Waals surface area contributed by atoms with Crippen molar-refractivity contribution < 1.29 is 14.6 Å². The van der Waals surface area contributed by atoms with E-state index in [9.17, 15) is 9.18 Å². The molecule has 0 aliphatic carbocycles. The number of allylic oxidation sites excluding steroid dienone is 1. The summed E-state index contributed by atoms with van der Waals surface area (Å²) in [6.07, 6.45) is 3.39. The van der Waals surface area contributed by atoms with Gasteiger partial charge in [-0.05, 0) is 36.4 Å². The van der Waals surface area contributed by atoms with Crippen LogP contribution in [0.1, 0.15) is 21.6 Å². The van der Waals surface area contributed by atoms with Gasteiger partial charge in [0.05, 0.1) is 27.9 Å². The van der Waals surface area contributed by atoms with Gasteiger partial charge in [-0.15, -0.1) is 0 Å². The minimum Gasteiger partial charge on any atom is -0.404 e. The summed E-state index contributed by atoms with van der Waals surface area (Å²) in [6.45, 7) is 0. The van der Waals surface area contributed by atoms with Crippen LogP contribution in [0.4, 0.5) is 4.39 Å². The Bertz CT molecular complexity index is 1030. The number of hydrogen-bond acceptors (Lipinski definition) is 4. The lowest BCUT2D eigenvalue weighted by Crippen LogP contribution is -2.42. The van der Waals surface area contributed by atoms with Gasteiger partial charge in [0.1, 0.15) is 5.82 Å². The van der Waals surface area contributed by atoms with Crippen molar-refractivity contribution in [2.24, 2.45) is 5.73 Å². The molecule has 5 nitrogen and oxygen atoms in total. The number of fused-ring (bicyclic) bond motifs is 1. The lowest BCUT2D eigenvalue weighted by molar-refractivity contribution is -0.110. The summed E-state index contributed by atoms with van der Waals surface area (Å²) >= 11 is 5.92. The number of carbonyl (C=O) groups excluding carboxylic acids is 1. The maximum absolute atomic E-state index is 14.1. The van der Waals surface area contributed by atoms with Gasteiger partial charge in [0.15, 0.2) is 6.29 Å². The molecule has 0 fully saturated rings. The Morgan fingerprint density at radius 3 is 2.72 bits per heavy atom. The average molecular weight is 356 g/mol. The molecule has 0 bridgehead atoms. The molecule has 25 heavy (non-hydrogen) atoms. The smallest absolute Gasteiger partial charge is 0.217 e. The van der Waals surface area contributed by atoms with Gasteiger partial charge in [0.2, 0.25) is 5.71 Å². The zero-order chi connectivity index (χ0) is 18.0. The zero-order valence-electron chi connectivity index (χ0n) is 12.9. The third-order valence-corrected chi connectivity index (χ3v) is 3.88. The number of nitrogens with zero attached hydrogens (tertiary/aromatic N) is 2. The lowest BCUT2D eigenvalue weighted by Gasteiger charge is -2.07. The highest BCUT2D eigenvalue weighted by Crippen LogP contribution is 2.22. The predicted molar refractivity (Wildman–Crippen MR) is 94.5 cm³/mol. The van der Waals surface area contributed by atoms with Crippen molar-refractivity contribution in [3.63, 3.8) is 0 Å². The molecule has 0 unspecified atom stereocenters. The molecule has 2 aromatic heterocycles. The third kappa shape index (κ3) is 3.25. The molecular weight excluding hydrogens is 343 g/mol. The Labute approximate surface area is 147 Å². The summed E-state index contributed by atoms with van der Waals surface area (Å²) < 4.78 is 14.1. The van der Waals surface area contributed by atoms with E-state index < -0.39 is 5.82 Å². The van der Waals surface area contributed by atoms with Crippen LogP contribution >= 0.6 is 11.6 Å². The van der Waals surface area contributed by atoms with E-state index in [0.29, 0.717) is 39.2 Å². The number of aldehydes is 1. The summed E-state index contributed by atoms with van der Waals surface area (Å²) in [5, 5.41) is 6.46. The first-order chi connectivity index (χ1) is 12.0. The molecule has 0 radical (unpaired) electrons. The molecule has 124 valence electrons. The molecular formula is C18H13ClFN4O+. The van der Waals surface area contributed by atoms with Gasteiger partial charge in [-0.3, -0.25) is 15.2 Å². The van der Waals surface area contributed by atoms with E-state index in [0.717, 1.165) is 0 Å². The molecule has 4 N–H and O–H groups in total. The van der Waals surface area contributed by atoms with E-state index in [1.165, 1.54) is 30.6 Å². The van der Waals surface area contributed by atoms with Crippen LogP contribution in [0.2, 0.25) is 5.02 Å². The Morgan fingerprint density at radius 2 is 2.00 bits per heavy atom. The second kappa shape index (κ2) is 6.78. The van der Waals surface area contributed by atoms with E-state index in [-0.39, 0.29) is 11.3 Å². The van der Waals surface area contributed by atoms with Crippen molar-refractivity contribution in [1.29, 1.82) is 0 Å². The number of hydrogen-bond donors (Lipinski definition) is 2. The highest BCUT2D eigenvalue weighted by Gasteiger charge is 2.21. The number of rotatable bonds is 4. The molecule has 0 saturated heterocycles. The zero-order valence-corrected chi connectivity index (χ0v) is 13.7. The summed E-state index contributed by atoms with van der Waals surface area (Å²) in [4.78, 5) is 19.5. The largest absolute Gasteiger partial charge is 0.404 e. The van der Waals surface area contributed by atoms with Crippen LogP contribution in [0.15, 0.2) is 48.8 Å². The lowest BCUT2D eigenvalue weighted by atomic mass is 9.99. The molecule has 3 rings (SSSR count). The van der Waals surface area contributed by atoms with E-state index in [1.54, 1.807) is 18.2 Å². The number of carbonyl (C=O) groups is 1. The number of nitrogens with two attached hydrogens (primary N) is 2. The number of pyridine rings is 2. The van der Waals surface area contributed by atoms with E-state index in [2.05, 4.69) is 9.97 Å². The second-order valence-corrected chi connectivity index (χ2v) is 5.68. The van der Waals surface area contributed by atoms with Crippen molar-refractivity contribution in [2.45, 2.75) is 0 Å². The fourth-order valence-electron chi connectivity index (χ4n) is 2.40. The van der Waals surface area contributed by atoms with Gasteiger partial charge in [-0.1, -0.05) is 11.6 Å². The van der Waals surface area contributed by atoms with Gasteiger partial charge < -0.3 is 5.73 Å². The molecule has 0 atom stereocenters. The van der Waals surface area contributed by atoms with Gasteiger partial charge in [-0.25, -0.2) is 9.37 Å². The Balaban J connectivity index is 2.09. The number of aromatic nitrogens is 2. The Kier molecular flexibility index (Phi) is 4.54. The first-order valence-electron chi connectivity index (χ1n) is 7.26. The van der Waals surface area contributed by atoms with E-state index in [1.807, 2.05) is 0 Å². The molecule has 0 saturated carbocycles. The molecule has 7 heteroatoms. The summed E-state index contributed by atoms with van der Waals surface area (Å²) in [5.41, 5.74) is 8.22. The standard InChI is InChI=1S/C18H12ClFN4O/c19-11-1-2-14(20)12(6-11)18(22)13(7-21)15-3-4-16-17(24-15)5-10(9-25)8-23-16/h1-9,22H,21H2/p+1/b13-7-,22-18?. The molecule has 0 aliphatic heterocycles. The SMILES string of the molecule is N/C=C(\C(=[NH2+])c1cc(Cl)ccc1F)c1ccc2ncc(C=O)cc2n1. The summed E-state index contributed by atoms with van der Waals surface area (Å²) in [6, 6.07) is 9.07. The van der Waals surface area contributed by atoms with Gasteiger partial charge in [0.25, 0.3) is 0 Å². The molecule has 1 aromatic carbocycles. The number of halogens is 2. The van der Waals surface area contributed by atoms with Crippen molar-refractivity contribution >= 4 is 40.2 Å². The van der Waals surface area contributed by atoms with Crippen LogP contribution in [0, 0.1) is 5.82 Å². The average Bonchev–Trinajstić information content (AvgIpc) is 2.63. The molecule has 0 amide bonds.